The van der Waals surface area contributed by atoms with Gasteiger partial charge in [0, 0.05) is 12.0 Å². The second-order valence-electron chi connectivity index (χ2n) is 3.99. The second kappa shape index (κ2) is 5.31. The summed E-state index contributed by atoms with van der Waals surface area (Å²) in [5, 5.41) is 1.08. The van der Waals surface area contributed by atoms with Gasteiger partial charge in [0.05, 0.1) is 6.10 Å². The van der Waals surface area contributed by atoms with Crippen LogP contribution in [0.3, 0.4) is 0 Å². The van der Waals surface area contributed by atoms with Crippen LogP contribution < -0.4 is 11.3 Å². The summed E-state index contributed by atoms with van der Waals surface area (Å²) in [6, 6.07) is 9.75. The van der Waals surface area contributed by atoms with Crippen molar-refractivity contribution in [2.24, 2.45) is 5.84 Å². The first-order valence-corrected chi connectivity index (χ1v) is 5.82. The Labute approximate surface area is 101 Å². The van der Waals surface area contributed by atoms with E-state index >= 15 is 0 Å². The summed E-state index contributed by atoms with van der Waals surface area (Å²) in [4.78, 5) is 0. The summed E-state index contributed by atoms with van der Waals surface area (Å²) in [6.45, 7) is 4.59. The zero-order chi connectivity index (χ0) is 12.3. The number of hydrogen-bond acceptors (Lipinski definition) is 4. The Morgan fingerprint density at radius 3 is 2.82 bits per heavy atom. The van der Waals surface area contributed by atoms with E-state index in [0.717, 1.165) is 16.7 Å². The van der Waals surface area contributed by atoms with E-state index in [1.807, 2.05) is 44.2 Å². The molecule has 0 spiro atoms. The summed E-state index contributed by atoms with van der Waals surface area (Å²) in [7, 11) is 0. The number of hydrazine groups is 1. The third-order valence-corrected chi connectivity index (χ3v) is 2.83. The highest BCUT2D eigenvalue weighted by atomic mass is 16.5. The smallest absolute Gasteiger partial charge is 0.134 e. The van der Waals surface area contributed by atoms with Crippen LogP contribution >= 0.6 is 0 Å². The van der Waals surface area contributed by atoms with Gasteiger partial charge in [-0.3, -0.25) is 5.84 Å². The Hall–Kier alpha value is -1.36. The highest BCUT2D eigenvalue weighted by Crippen LogP contribution is 2.26. The molecule has 0 aliphatic carbocycles. The third kappa shape index (κ3) is 2.49. The van der Waals surface area contributed by atoms with Crippen molar-refractivity contribution < 1.29 is 9.15 Å². The maximum atomic E-state index is 5.77. The molecule has 0 bridgehead atoms. The van der Waals surface area contributed by atoms with Crippen LogP contribution in [-0.2, 0) is 4.74 Å². The van der Waals surface area contributed by atoms with Crippen LogP contribution in [0, 0.1) is 0 Å². The molecule has 3 N–H and O–H groups in total. The molecule has 2 atom stereocenters. The zero-order valence-electron chi connectivity index (χ0n) is 10.1. The molecule has 1 heterocycles. The number of hydrogen-bond donors (Lipinski definition) is 2. The molecule has 2 unspecified atom stereocenters. The van der Waals surface area contributed by atoms with E-state index in [2.05, 4.69) is 5.43 Å². The Balaban J connectivity index is 2.29. The lowest BCUT2D eigenvalue weighted by Crippen LogP contribution is -2.36. The normalized spacial score (nSPS) is 15.0. The van der Waals surface area contributed by atoms with E-state index in [0.29, 0.717) is 6.61 Å². The monoisotopic (exact) mass is 234 g/mol. The number of rotatable bonds is 5. The van der Waals surface area contributed by atoms with Crippen molar-refractivity contribution in [3.63, 3.8) is 0 Å². The van der Waals surface area contributed by atoms with E-state index in [1.165, 1.54) is 0 Å². The van der Waals surface area contributed by atoms with Gasteiger partial charge in [0.15, 0.2) is 0 Å². The summed E-state index contributed by atoms with van der Waals surface area (Å²) in [6.07, 6.45) is -0.0365. The molecule has 0 radical (unpaired) electrons. The van der Waals surface area contributed by atoms with E-state index in [1.54, 1.807) is 0 Å². The van der Waals surface area contributed by atoms with Gasteiger partial charge in [0.2, 0.25) is 0 Å². The molecule has 1 aromatic carbocycles. The fourth-order valence-corrected chi connectivity index (χ4v) is 1.96. The minimum Gasteiger partial charge on any atom is -0.459 e. The first kappa shape index (κ1) is 12.1. The molecule has 0 amide bonds. The number of ether oxygens (including phenoxy) is 1. The highest BCUT2D eigenvalue weighted by Gasteiger charge is 2.21. The quantitative estimate of drug-likeness (QED) is 0.616. The van der Waals surface area contributed by atoms with Gasteiger partial charge in [-0.1, -0.05) is 18.2 Å². The summed E-state index contributed by atoms with van der Waals surface area (Å²) in [5.41, 5.74) is 3.61. The fourth-order valence-electron chi connectivity index (χ4n) is 1.96. The number of para-hydroxylation sites is 1. The van der Waals surface area contributed by atoms with E-state index in [-0.39, 0.29) is 12.1 Å². The summed E-state index contributed by atoms with van der Waals surface area (Å²) >= 11 is 0. The Kier molecular flexibility index (Phi) is 3.78. The molecule has 0 aliphatic rings. The first-order valence-electron chi connectivity index (χ1n) is 5.82. The van der Waals surface area contributed by atoms with E-state index in [4.69, 9.17) is 15.0 Å². The van der Waals surface area contributed by atoms with Gasteiger partial charge in [-0.05, 0) is 26.0 Å². The van der Waals surface area contributed by atoms with Crippen molar-refractivity contribution in [3.05, 3.63) is 36.1 Å². The van der Waals surface area contributed by atoms with Gasteiger partial charge in [-0.25, -0.2) is 5.43 Å². The largest absolute Gasteiger partial charge is 0.459 e. The van der Waals surface area contributed by atoms with Crippen molar-refractivity contribution in [1.82, 2.24) is 5.43 Å². The Morgan fingerprint density at radius 2 is 2.18 bits per heavy atom. The molecule has 4 nitrogen and oxygen atoms in total. The van der Waals surface area contributed by atoms with Crippen LogP contribution in [-0.4, -0.2) is 12.7 Å². The number of fused-ring (bicyclic) bond motifs is 1. The van der Waals surface area contributed by atoms with Crippen LogP contribution in [0.2, 0.25) is 0 Å². The zero-order valence-corrected chi connectivity index (χ0v) is 10.1. The standard InChI is InChI=1S/C13H18N2O2/c1-3-16-9(2)13(15-14)12-8-10-6-4-5-7-11(10)17-12/h4-9,13,15H,3,14H2,1-2H3. The van der Waals surface area contributed by atoms with Gasteiger partial charge in [0.25, 0.3) is 0 Å². The second-order valence-corrected chi connectivity index (χ2v) is 3.99. The maximum Gasteiger partial charge on any atom is 0.134 e. The van der Waals surface area contributed by atoms with Gasteiger partial charge in [-0.2, -0.15) is 0 Å². The van der Waals surface area contributed by atoms with Crippen LogP contribution in [0.5, 0.6) is 0 Å². The van der Waals surface area contributed by atoms with E-state index in [9.17, 15) is 0 Å². The van der Waals surface area contributed by atoms with Gasteiger partial charge < -0.3 is 9.15 Å². The number of benzene rings is 1. The summed E-state index contributed by atoms with van der Waals surface area (Å²) < 4.78 is 11.3. The molecule has 2 rings (SSSR count). The molecular weight excluding hydrogens is 216 g/mol. The molecule has 92 valence electrons. The molecule has 4 heteroatoms. The Morgan fingerprint density at radius 1 is 1.41 bits per heavy atom. The molecule has 0 saturated heterocycles. The molecule has 0 fully saturated rings. The molecule has 1 aromatic heterocycles. The minimum absolute atomic E-state index is 0.0365. The van der Waals surface area contributed by atoms with Crippen LogP contribution in [0.1, 0.15) is 25.6 Å². The Bertz CT molecular complexity index is 448. The SMILES string of the molecule is CCOC(C)C(NN)c1cc2ccccc2o1. The topological polar surface area (TPSA) is 60.4 Å². The van der Waals surface area contributed by atoms with Gasteiger partial charge in [-0.15, -0.1) is 0 Å². The van der Waals surface area contributed by atoms with Crippen LogP contribution in [0.4, 0.5) is 0 Å². The van der Waals surface area contributed by atoms with Crippen molar-refractivity contribution in [3.8, 4) is 0 Å². The van der Waals surface area contributed by atoms with Crippen molar-refractivity contribution in [1.29, 1.82) is 0 Å². The van der Waals surface area contributed by atoms with Crippen molar-refractivity contribution >= 4 is 11.0 Å². The summed E-state index contributed by atoms with van der Waals surface area (Å²) in [5.74, 6) is 6.37. The predicted molar refractivity (Wildman–Crippen MR) is 67.4 cm³/mol. The number of furan rings is 1. The van der Waals surface area contributed by atoms with Crippen LogP contribution in [0.15, 0.2) is 34.7 Å². The predicted octanol–water partition coefficient (Wildman–Crippen LogP) is 2.36. The van der Waals surface area contributed by atoms with Crippen molar-refractivity contribution in [2.75, 3.05) is 6.61 Å². The average Bonchev–Trinajstić information content (AvgIpc) is 2.73. The minimum atomic E-state index is -0.137. The lowest BCUT2D eigenvalue weighted by molar-refractivity contribution is 0.0418. The highest BCUT2D eigenvalue weighted by molar-refractivity contribution is 5.77. The van der Waals surface area contributed by atoms with E-state index < -0.39 is 0 Å². The molecule has 17 heavy (non-hydrogen) atoms. The van der Waals surface area contributed by atoms with Gasteiger partial charge in [0.1, 0.15) is 17.4 Å². The first-order chi connectivity index (χ1) is 8.26. The molecule has 0 aliphatic heterocycles. The lowest BCUT2D eigenvalue weighted by atomic mass is 10.1. The lowest BCUT2D eigenvalue weighted by Gasteiger charge is -2.20. The van der Waals surface area contributed by atoms with Crippen molar-refractivity contribution in [2.45, 2.75) is 26.0 Å². The number of nitrogens with two attached hydrogens (primary N) is 1. The van der Waals surface area contributed by atoms with Gasteiger partial charge >= 0.3 is 0 Å². The fraction of sp³-hybridized carbons (Fsp3) is 0.385. The molecule has 0 saturated carbocycles. The third-order valence-electron chi connectivity index (χ3n) is 2.83. The molecule has 2 aromatic rings. The van der Waals surface area contributed by atoms with Crippen LogP contribution in [0.25, 0.3) is 11.0 Å². The molecular formula is C13H18N2O2. The number of nitrogens with one attached hydrogen (secondary N) is 1. The average molecular weight is 234 g/mol. The maximum absolute atomic E-state index is 5.77.